The van der Waals surface area contributed by atoms with Crippen molar-refractivity contribution >= 4 is 11.9 Å². The summed E-state index contributed by atoms with van der Waals surface area (Å²) in [7, 11) is 1.74. The lowest BCUT2D eigenvalue weighted by Gasteiger charge is -2.40. The highest BCUT2D eigenvalue weighted by Gasteiger charge is 2.36. The maximum Gasteiger partial charge on any atom is 0.251 e. The van der Waals surface area contributed by atoms with Gasteiger partial charge >= 0.3 is 0 Å². The molecule has 7 heteroatoms. The molecule has 6 nitrogen and oxygen atoms in total. The molecule has 1 aromatic carbocycles. The van der Waals surface area contributed by atoms with Crippen molar-refractivity contribution in [1.29, 1.82) is 0 Å². The minimum atomic E-state index is -0.370. The summed E-state index contributed by atoms with van der Waals surface area (Å²) in [5.74, 6) is 0.100. The lowest BCUT2D eigenvalue weighted by atomic mass is 9.67. The van der Waals surface area contributed by atoms with Crippen LogP contribution < -0.4 is 16.0 Å². The molecule has 0 radical (unpaired) electrons. The van der Waals surface area contributed by atoms with Crippen LogP contribution in [0.3, 0.4) is 0 Å². The molecule has 2 rings (SSSR count). The van der Waals surface area contributed by atoms with Crippen LogP contribution in [0.2, 0.25) is 0 Å². The zero-order valence-electron chi connectivity index (χ0n) is 17.2. The number of nitrogens with zero attached hydrogens (tertiary/aromatic N) is 1. The van der Waals surface area contributed by atoms with Crippen LogP contribution in [-0.2, 0) is 4.74 Å². The summed E-state index contributed by atoms with van der Waals surface area (Å²) in [4.78, 5) is 16.9. The van der Waals surface area contributed by atoms with Crippen LogP contribution in [0.1, 0.15) is 48.5 Å². The van der Waals surface area contributed by atoms with Gasteiger partial charge in [0.05, 0.1) is 0 Å². The number of amides is 1. The topological polar surface area (TPSA) is 74.8 Å². The van der Waals surface area contributed by atoms with E-state index in [1.807, 2.05) is 6.92 Å². The van der Waals surface area contributed by atoms with Crippen molar-refractivity contribution < 1.29 is 13.9 Å². The third-order valence-electron chi connectivity index (χ3n) is 5.30. The van der Waals surface area contributed by atoms with Crippen molar-refractivity contribution in [2.45, 2.75) is 39.5 Å². The highest BCUT2D eigenvalue weighted by Crippen LogP contribution is 2.44. The molecular formula is C21H33FN4O2. The van der Waals surface area contributed by atoms with Gasteiger partial charge in [0.15, 0.2) is 5.96 Å². The number of carbonyl (C=O) groups excluding carboxylic acids is 1. The fourth-order valence-corrected chi connectivity index (χ4v) is 3.26. The Kier molecular flexibility index (Phi) is 8.70. The van der Waals surface area contributed by atoms with Gasteiger partial charge in [0, 0.05) is 45.5 Å². The van der Waals surface area contributed by atoms with E-state index >= 15 is 0 Å². The van der Waals surface area contributed by atoms with Gasteiger partial charge in [-0.25, -0.2) is 4.39 Å². The molecular weight excluding hydrogens is 359 g/mol. The van der Waals surface area contributed by atoms with E-state index in [4.69, 9.17) is 9.73 Å². The average molecular weight is 393 g/mol. The quantitative estimate of drug-likeness (QED) is 0.325. The molecule has 1 aliphatic carbocycles. The van der Waals surface area contributed by atoms with E-state index in [-0.39, 0.29) is 17.1 Å². The minimum Gasteiger partial charge on any atom is -0.385 e. The Morgan fingerprint density at radius 2 is 2.00 bits per heavy atom. The van der Waals surface area contributed by atoms with E-state index in [1.54, 1.807) is 26.2 Å². The molecule has 0 bridgehead atoms. The van der Waals surface area contributed by atoms with Gasteiger partial charge in [0.25, 0.3) is 5.91 Å². The maximum absolute atomic E-state index is 13.6. The first kappa shape index (κ1) is 22.1. The number of carbonyl (C=O) groups is 1. The summed E-state index contributed by atoms with van der Waals surface area (Å²) in [6.45, 7) is 6.97. The molecule has 1 aromatic rings. The number of aliphatic imine (C=N–C) groups is 1. The molecule has 28 heavy (non-hydrogen) atoms. The van der Waals surface area contributed by atoms with Crippen LogP contribution in [0.25, 0.3) is 0 Å². The Labute approximate surface area is 167 Å². The van der Waals surface area contributed by atoms with E-state index in [0.717, 1.165) is 32.1 Å². The lowest BCUT2D eigenvalue weighted by molar-refractivity contribution is 0.0778. The fraction of sp³-hybridized carbons (Fsp3) is 0.619. The molecule has 0 spiro atoms. The molecule has 1 fully saturated rings. The average Bonchev–Trinajstić information content (AvgIpc) is 2.65. The zero-order valence-corrected chi connectivity index (χ0v) is 17.2. The van der Waals surface area contributed by atoms with E-state index in [2.05, 4.69) is 16.0 Å². The third kappa shape index (κ3) is 6.48. The van der Waals surface area contributed by atoms with Crippen molar-refractivity contribution in [2.24, 2.45) is 10.4 Å². The predicted octanol–water partition coefficient (Wildman–Crippen LogP) is 2.63. The second-order valence-corrected chi connectivity index (χ2v) is 7.44. The molecule has 0 saturated heterocycles. The van der Waals surface area contributed by atoms with E-state index in [0.29, 0.717) is 24.2 Å². The van der Waals surface area contributed by atoms with Crippen molar-refractivity contribution in [3.63, 3.8) is 0 Å². The first-order chi connectivity index (χ1) is 13.5. The van der Waals surface area contributed by atoms with E-state index < -0.39 is 0 Å². The van der Waals surface area contributed by atoms with Crippen molar-refractivity contribution in [3.8, 4) is 0 Å². The highest BCUT2D eigenvalue weighted by molar-refractivity contribution is 5.94. The molecule has 0 atom stereocenters. The summed E-state index contributed by atoms with van der Waals surface area (Å²) in [5.41, 5.74) is 1.12. The molecule has 0 unspecified atom stereocenters. The molecule has 1 saturated carbocycles. The summed E-state index contributed by atoms with van der Waals surface area (Å²) < 4.78 is 18.8. The zero-order chi connectivity index (χ0) is 20.4. The number of hydrogen-bond acceptors (Lipinski definition) is 3. The molecule has 0 heterocycles. The van der Waals surface area contributed by atoms with Gasteiger partial charge in [-0.05, 0) is 56.2 Å². The SMILES string of the molecule is CCNC(=NCC1(CCOC)CCC1)NCCNC(=O)c1ccc(C)c(F)c1. The number of benzene rings is 1. The number of nitrogens with one attached hydrogen (secondary N) is 3. The van der Waals surface area contributed by atoms with Crippen molar-refractivity contribution in [3.05, 3.63) is 35.1 Å². The van der Waals surface area contributed by atoms with Gasteiger partial charge in [-0.15, -0.1) is 0 Å². The number of rotatable bonds is 10. The largest absolute Gasteiger partial charge is 0.385 e. The summed E-state index contributed by atoms with van der Waals surface area (Å²) >= 11 is 0. The molecule has 1 amide bonds. The summed E-state index contributed by atoms with van der Waals surface area (Å²) in [6.07, 6.45) is 4.69. The molecule has 0 aliphatic heterocycles. The lowest BCUT2D eigenvalue weighted by Crippen LogP contribution is -2.43. The number of guanidine groups is 1. The standard InChI is InChI=1S/C21H33FN4O2/c1-4-23-20(26-15-21(8-5-9-21)10-13-28-3)25-12-11-24-19(27)17-7-6-16(2)18(22)14-17/h6-7,14H,4-5,8-13,15H2,1-3H3,(H,24,27)(H2,23,25,26). The Bertz CT molecular complexity index is 674. The van der Waals surface area contributed by atoms with Crippen LogP contribution in [0, 0.1) is 18.2 Å². The Hall–Kier alpha value is -2.15. The van der Waals surface area contributed by atoms with Crippen LogP contribution >= 0.6 is 0 Å². The number of ether oxygens (including phenoxy) is 1. The first-order valence-electron chi connectivity index (χ1n) is 10.0. The van der Waals surface area contributed by atoms with Gasteiger partial charge < -0.3 is 20.7 Å². The number of aryl methyl sites for hydroxylation is 1. The van der Waals surface area contributed by atoms with E-state index in [1.165, 1.54) is 25.3 Å². The maximum atomic E-state index is 13.6. The first-order valence-corrected chi connectivity index (χ1v) is 10.0. The summed E-state index contributed by atoms with van der Waals surface area (Å²) in [6, 6.07) is 4.50. The van der Waals surface area contributed by atoms with Gasteiger partial charge in [-0.2, -0.15) is 0 Å². The van der Waals surface area contributed by atoms with Crippen molar-refractivity contribution in [1.82, 2.24) is 16.0 Å². The highest BCUT2D eigenvalue weighted by atomic mass is 19.1. The summed E-state index contributed by atoms with van der Waals surface area (Å²) in [5, 5.41) is 9.28. The van der Waals surface area contributed by atoms with Crippen LogP contribution in [-0.4, -0.2) is 51.8 Å². The smallest absolute Gasteiger partial charge is 0.251 e. The second-order valence-electron chi connectivity index (χ2n) is 7.44. The minimum absolute atomic E-state index is 0.266. The van der Waals surface area contributed by atoms with Crippen LogP contribution in [0.5, 0.6) is 0 Å². The Balaban J connectivity index is 1.79. The van der Waals surface area contributed by atoms with E-state index in [9.17, 15) is 9.18 Å². The normalized spacial score (nSPS) is 15.6. The Morgan fingerprint density at radius 3 is 2.61 bits per heavy atom. The molecule has 0 aromatic heterocycles. The van der Waals surface area contributed by atoms with Gasteiger partial charge in [0.2, 0.25) is 0 Å². The molecule has 1 aliphatic rings. The predicted molar refractivity (Wildman–Crippen MR) is 110 cm³/mol. The molecule has 156 valence electrons. The van der Waals surface area contributed by atoms with Gasteiger partial charge in [0.1, 0.15) is 5.82 Å². The van der Waals surface area contributed by atoms with Gasteiger partial charge in [-0.1, -0.05) is 12.5 Å². The Morgan fingerprint density at radius 1 is 1.25 bits per heavy atom. The van der Waals surface area contributed by atoms with Crippen molar-refractivity contribution in [2.75, 3.05) is 39.9 Å². The monoisotopic (exact) mass is 392 g/mol. The molecule has 3 N–H and O–H groups in total. The van der Waals surface area contributed by atoms with Crippen LogP contribution in [0.15, 0.2) is 23.2 Å². The fourth-order valence-electron chi connectivity index (χ4n) is 3.26. The van der Waals surface area contributed by atoms with Gasteiger partial charge in [-0.3, -0.25) is 9.79 Å². The number of methoxy groups -OCH3 is 1. The third-order valence-corrected chi connectivity index (χ3v) is 5.30. The number of hydrogen-bond donors (Lipinski definition) is 3. The van der Waals surface area contributed by atoms with Crippen LogP contribution in [0.4, 0.5) is 4.39 Å². The second kappa shape index (κ2) is 11.0. The number of halogens is 1.